The second kappa shape index (κ2) is 11.5. The highest BCUT2D eigenvalue weighted by Gasteiger charge is 1.99. The summed E-state index contributed by atoms with van der Waals surface area (Å²) in [7, 11) is 0. The zero-order valence-corrected chi connectivity index (χ0v) is 14.1. The Labute approximate surface area is 135 Å². The van der Waals surface area contributed by atoms with Crippen molar-refractivity contribution in [3.05, 3.63) is 29.3 Å². The normalized spacial score (nSPS) is 10.0. The SMILES string of the molecule is CCCCCCCCCOc1ccc(C#CCCl)c(C)c1. The molecule has 0 aliphatic rings. The summed E-state index contributed by atoms with van der Waals surface area (Å²) in [4.78, 5) is 0. The molecule has 0 bridgehead atoms. The maximum Gasteiger partial charge on any atom is 0.119 e. The molecular weight excluding hydrogens is 280 g/mol. The van der Waals surface area contributed by atoms with Crippen molar-refractivity contribution in [1.29, 1.82) is 0 Å². The molecule has 21 heavy (non-hydrogen) atoms. The number of rotatable bonds is 9. The van der Waals surface area contributed by atoms with E-state index in [-0.39, 0.29) is 0 Å². The highest BCUT2D eigenvalue weighted by atomic mass is 35.5. The molecule has 1 aromatic carbocycles. The molecule has 0 saturated heterocycles. The molecule has 2 heteroatoms. The Balaban J connectivity index is 2.22. The third-order valence-corrected chi connectivity index (χ3v) is 3.64. The minimum Gasteiger partial charge on any atom is -0.494 e. The van der Waals surface area contributed by atoms with Crippen molar-refractivity contribution in [3.8, 4) is 17.6 Å². The van der Waals surface area contributed by atoms with Gasteiger partial charge in [0.25, 0.3) is 0 Å². The van der Waals surface area contributed by atoms with Crippen LogP contribution < -0.4 is 4.74 Å². The van der Waals surface area contributed by atoms with Crippen molar-refractivity contribution in [2.75, 3.05) is 12.5 Å². The fourth-order valence-corrected chi connectivity index (χ4v) is 2.31. The van der Waals surface area contributed by atoms with Crippen LogP contribution in [0.2, 0.25) is 0 Å². The summed E-state index contributed by atoms with van der Waals surface area (Å²) in [5.74, 6) is 7.24. The van der Waals surface area contributed by atoms with Gasteiger partial charge in [-0.05, 0) is 37.1 Å². The van der Waals surface area contributed by atoms with E-state index in [9.17, 15) is 0 Å². The van der Waals surface area contributed by atoms with Crippen LogP contribution in [-0.2, 0) is 0 Å². The van der Waals surface area contributed by atoms with E-state index in [0.717, 1.165) is 29.9 Å². The maximum atomic E-state index is 5.80. The summed E-state index contributed by atoms with van der Waals surface area (Å²) in [6, 6.07) is 6.06. The molecule has 116 valence electrons. The number of ether oxygens (including phenoxy) is 1. The molecule has 0 aliphatic carbocycles. The Morgan fingerprint density at radius 1 is 1.05 bits per heavy atom. The van der Waals surface area contributed by atoms with Gasteiger partial charge >= 0.3 is 0 Å². The quantitative estimate of drug-likeness (QED) is 0.322. The van der Waals surface area contributed by atoms with Crippen molar-refractivity contribution >= 4 is 11.6 Å². The first-order valence-corrected chi connectivity index (χ1v) is 8.59. The number of hydrogen-bond acceptors (Lipinski definition) is 1. The molecule has 0 radical (unpaired) electrons. The molecular formula is C19H27ClO. The van der Waals surface area contributed by atoms with Gasteiger partial charge in [-0.2, -0.15) is 0 Å². The van der Waals surface area contributed by atoms with E-state index >= 15 is 0 Å². The van der Waals surface area contributed by atoms with E-state index < -0.39 is 0 Å². The molecule has 0 fully saturated rings. The van der Waals surface area contributed by atoms with Crippen LogP contribution in [0.15, 0.2) is 18.2 Å². The molecule has 1 rings (SSSR count). The molecule has 0 atom stereocenters. The second-order valence-electron chi connectivity index (χ2n) is 5.38. The van der Waals surface area contributed by atoms with Gasteiger partial charge in [-0.15, -0.1) is 11.6 Å². The van der Waals surface area contributed by atoms with Gasteiger partial charge in [0, 0.05) is 5.56 Å². The van der Waals surface area contributed by atoms with E-state index in [4.69, 9.17) is 16.3 Å². The lowest BCUT2D eigenvalue weighted by molar-refractivity contribution is 0.304. The summed E-state index contributed by atoms with van der Waals surface area (Å²) in [6.07, 6.45) is 9.15. The van der Waals surface area contributed by atoms with Gasteiger partial charge in [0.2, 0.25) is 0 Å². The molecule has 0 saturated carbocycles. The fourth-order valence-electron chi connectivity index (χ4n) is 2.24. The largest absolute Gasteiger partial charge is 0.494 e. The van der Waals surface area contributed by atoms with Gasteiger partial charge in [-0.1, -0.05) is 57.3 Å². The Bertz CT molecular complexity index is 456. The first kappa shape index (κ1) is 17.9. The Morgan fingerprint density at radius 2 is 1.76 bits per heavy atom. The lowest BCUT2D eigenvalue weighted by atomic mass is 10.1. The van der Waals surface area contributed by atoms with E-state index in [0.29, 0.717) is 5.88 Å². The molecule has 0 heterocycles. The smallest absolute Gasteiger partial charge is 0.119 e. The average Bonchev–Trinajstić information content (AvgIpc) is 2.49. The van der Waals surface area contributed by atoms with Gasteiger partial charge in [0.15, 0.2) is 0 Å². The van der Waals surface area contributed by atoms with E-state index in [1.807, 2.05) is 12.1 Å². The first-order valence-electron chi connectivity index (χ1n) is 8.06. The topological polar surface area (TPSA) is 9.23 Å². The van der Waals surface area contributed by atoms with Gasteiger partial charge < -0.3 is 4.74 Å². The lowest BCUT2D eigenvalue weighted by Crippen LogP contribution is -1.98. The van der Waals surface area contributed by atoms with Crippen molar-refractivity contribution in [2.45, 2.75) is 58.8 Å². The number of unbranched alkanes of at least 4 members (excludes halogenated alkanes) is 6. The summed E-state index contributed by atoms with van der Waals surface area (Å²) < 4.78 is 5.80. The number of benzene rings is 1. The van der Waals surface area contributed by atoms with Crippen LogP contribution in [0.5, 0.6) is 5.75 Å². The number of halogens is 1. The van der Waals surface area contributed by atoms with Crippen LogP contribution in [0.4, 0.5) is 0 Å². The molecule has 0 aliphatic heterocycles. The summed E-state index contributed by atoms with van der Waals surface area (Å²) >= 11 is 5.57. The lowest BCUT2D eigenvalue weighted by Gasteiger charge is -2.08. The van der Waals surface area contributed by atoms with Crippen LogP contribution in [-0.4, -0.2) is 12.5 Å². The highest BCUT2D eigenvalue weighted by Crippen LogP contribution is 2.17. The second-order valence-corrected chi connectivity index (χ2v) is 5.65. The van der Waals surface area contributed by atoms with Gasteiger partial charge in [0.1, 0.15) is 5.75 Å². The van der Waals surface area contributed by atoms with Crippen molar-refractivity contribution < 1.29 is 4.74 Å². The van der Waals surface area contributed by atoms with Gasteiger partial charge in [-0.3, -0.25) is 0 Å². The monoisotopic (exact) mass is 306 g/mol. The maximum absolute atomic E-state index is 5.80. The Morgan fingerprint density at radius 3 is 2.43 bits per heavy atom. The van der Waals surface area contributed by atoms with Gasteiger partial charge in [0.05, 0.1) is 12.5 Å². The summed E-state index contributed by atoms with van der Waals surface area (Å²) in [5, 5.41) is 0. The molecule has 1 nitrogen and oxygen atoms in total. The van der Waals surface area contributed by atoms with Crippen LogP contribution in [0.25, 0.3) is 0 Å². The van der Waals surface area contributed by atoms with Crippen LogP contribution in [0, 0.1) is 18.8 Å². The molecule has 0 N–H and O–H groups in total. The predicted molar refractivity (Wildman–Crippen MR) is 92.3 cm³/mol. The molecule has 0 spiro atoms. The standard InChI is InChI=1S/C19H27ClO/c1-3-4-5-6-7-8-9-15-21-19-13-12-18(11-10-14-20)17(2)16-19/h12-13,16H,3-9,14-15H2,1-2H3. The predicted octanol–water partition coefficient (Wildman–Crippen LogP) is 5.71. The van der Waals surface area contributed by atoms with E-state index in [1.165, 1.54) is 38.5 Å². The summed E-state index contributed by atoms with van der Waals surface area (Å²) in [6.45, 7) is 5.11. The summed E-state index contributed by atoms with van der Waals surface area (Å²) in [5.41, 5.74) is 2.17. The zero-order valence-electron chi connectivity index (χ0n) is 13.4. The fraction of sp³-hybridized carbons (Fsp3) is 0.579. The number of alkyl halides is 1. The molecule has 0 aromatic heterocycles. The molecule has 1 aromatic rings. The molecule has 0 amide bonds. The number of hydrogen-bond donors (Lipinski definition) is 0. The third-order valence-electron chi connectivity index (χ3n) is 3.50. The van der Waals surface area contributed by atoms with Gasteiger partial charge in [-0.25, -0.2) is 0 Å². The van der Waals surface area contributed by atoms with Crippen molar-refractivity contribution in [2.24, 2.45) is 0 Å². The van der Waals surface area contributed by atoms with Crippen molar-refractivity contribution in [1.82, 2.24) is 0 Å². The highest BCUT2D eigenvalue weighted by molar-refractivity contribution is 6.19. The van der Waals surface area contributed by atoms with Crippen LogP contribution in [0.3, 0.4) is 0 Å². The first-order chi connectivity index (χ1) is 10.3. The van der Waals surface area contributed by atoms with E-state index in [2.05, 4.69) is 31.8 Å². The number of aryl methyl sites for hydroxylation is 1. The van der Waals surface area contributed by atoms with Crippen LogP contribution >= 0.6 is 11.6 Å². The van der Waals surface area contributed by atoms with Crippen molar-refractivity contribution in [3.63, 3.8) is 0 Å². The van der Waals surface area contributed by atoms with Crippen LogP contribution in [0.1, 0.15) is 63.0 Å². The minimum atomic E-state index is 0.371. The third kappa shape index (κ3) is 8.02. The Hall–Kier alpha value is -1.13. The minimum absolute atomic E-state index is 0.371. The average molecular weight is 307 g/mol. The molecule has 0 unspecified atom stereocenters. The van der Waals surface area contributed by atoms with E-state index in [1.54, 1.807) is 0 Å². The zero-order chi connectivity index (χ0) is 15.3. The Kier molecular flexibility index (Phi) is 9.83.